The molecule has 0 aliphatic heterocycles. The summed E-state index contributed by atoms with van der Waals surface area (Å²) in [6, 6.07) is 3.86. The fraction of sp³-hybridized carbons (Fsp3) is 0. The van der Waals surface area contributed by atoms with Crippen molar-refractivity contribution in [1.29, 1.82) is 0 Å². The third-order valence-electron chi connectivity index (χ3n) is 1.87. The first-order chi connectivity index (χ1) is 7.88. The van der Waals surface area contributed by atoms with Crippen molar-refractivity contribution in [3.63, 3.8) is 0 Å². The molecule has 5 nitrogen and oxygen atoms in total. The maximum atomic E-state index is 12.9. The Morgan fingerprint density at radius 1 is 1.41 bits per heavy atom. The zero-order chi connectivity index (χ0) is 12.6. The second-order valence-electron chi connectivity index (χ2n) is 3.03. The number of halogens is 3. The van der Waals surface area contributed by atoms with Gasteiger partial charge in [0.1, 0.15) is 5.82 Å². The maximum Gasteiger partial charge on any atom is 0.296 e. The number of aromatic amines is 1. The molecule has 2 aromatic rings. The van der Waals surface area contributed by atoms with E-state index in [0.29, 0.717) is 10.0 Å². The first kappa shape index (κ1) is 12.5. The van der Waals surface area contributed by atoms with Gasteiger partial charge in [-0.25, -0.2) is 17.9 Å². The molecule has 1 aromatic heterocycles. The molecule has 1 N–H and O–H groups in total. The van der Waals surface area contributed by atoms with Crippen LogP contribution in [-0.4, -0.2) is 23.6 Å². The van der Waals surface area contributed by atoms with E-state index in [1.54, 1.807) is 0 Å². The second kappa shape index (κ2) is 4.35. The number of nitrogens with zero attached hydrogens (tertiary/aromatic N) is 2. The van der Waals surface area contributed by atoms with E-state index >= 15 is 0 Å². The highest BCUT2D eigenvalue weighted by molar-refractivity contribution is 9.10. The number of hydrogen-bond acceptors (Lipinski definition) is 4. The molecule has 0 saturated heterocycles. The Morgan fingerprint density at radius 3 is 2.65 bits per heavy atom. The summed E-state index contributed by atoms with van der Waals surface area (Å²) in [6.45, 7) is 0. The van der Waals surface area contributed by atoms with Crippen molar-refractivity contribution in [3.8, 4) is 11.4 Å². The third-order valence-corrected chi connectivity index (χ3v) is 3.61. The van der Waals surface area contributed by atoms with Crippen LogP contribution >= 0.6 is 26.6 Å². The summed E-state index contributed by atoms with van der Waals surface area (Å²) in [6.07, 6.45) is 0. The average Bonchev–Trinajstić information content (AvgIpc) is 2.65. The van der Waals surface area contributed by atoms with Crippen LogP contribution in [0.5, 0.6) is 0 Å². The minimum Gasteiger partial charge on any atom is -0.248 e. The van der Waals surface area contributed by atoms with Gasteiger partial charge in [0, 0.05) is 20.7 Å². The van der Waals surface area contributed by atoms with Crippen LogP contribution in [0.3, 0.4) is 0 Å². The predicted octanol–water partition coefficient (Wildman–Crippen LogP) is 2.30. The molecule has 0 radical (unpaired) electrons. The lowest BCUT2D eigenvalue weighted by atomic mass is 10.2. The first-order valence-corrected chi connectivity index (χ1v) is 7.30. The predicted molar refractivity (Wildman–Crippen MR) is 62.5 cm³/mol. The number of H-pyrrole nitrogens is 1. The number of aromatic nitrogens is 3. The van der Waals surface area contributed by atoms with Crippen LogP contribution < -0.4 is 0 Å². The van der Waals surface area contributed by atoms with Gasteiger partial charge in [0.2, 0.25) is 0 Å². The Bertz CT molecular complexity index is 673. The quantitative estimate of drug-likeness (QED) is 0.851. The van der Waals surface area contributed by atoms with Gasteiger partial charge in [-0.05, 0) is 34.1 Å². The van der Waals surface area contributed by atoms with Gasteiger partial charge in [-0.3, -0.25) is 0 Å². The lowest BCUT2D eigenvalue weighted by molar-refractivity contribution is 0.602. The fourth-order valence-corrected chi connectivity index (χ4v) is 2.23. The van der Waals surface area contributed by atoms with Crippen LogP contribution in [0.25, 0.3) is 11.4 Å². The number of hydrogen-bond donors (Lipinski definition) is 1. The molecule has 0 spiro atoms. The van der Waals surface area contributed by atoms with Crippen LogP contribution in [0.15, 0.2) is 27.8 Å². The van der Waals surface area contributed by atoms with Gasteiger partial charge < -0.3 is 0 Å². The van der Waals surface area contributed by atoms with Crippen LogP contribution in [0.4, 0.5) is 4.39 Å². The van der Waals surface area contributed by atoms with Gasteiger partial charge in [-0.1, -0.05) is 0 Å². The summed E-state index contributed by atoms with van der Waals surface area (Å²) < 4.78 is 35.2. The van der Waals surface area contributed by atoms with E-state index in [1.165, 1.54) is 18.2 Å². The van der Waals surface area contributed by atoms with E-state index in [1.807, 2.05) is 0 Å². The van der Waals surface area contributed by atoms with Crippen LogP contribution in [0, 0.1) is 5.82 Å². The lowest BCUT2D eigenvalue weighted by Gasteiger charge is -1.98. The standard InChI is InChI=1S/C8H4BrClFN3O2S/c9-6-3-4(11)1-2-5(6)7-12-8(14-13-7)17(10,15)16/h1-3H,(H,12,13,14). The Labute approximate surface area is 109 Å². The molecule has 0 atom stereocenters. The molecule has 0 saturated carbocycles. The van der Waals surface area contributed by atoms with Crippen molar-refractivity contribution in [1.82, 2.24) is 15.2 Å². The molecular weight excluding hydrogens is 337 g/mol. The van der Waals surface area contributed by atoms with E-state index in [0.717, 1.165) is 0 Å². The molecule has 90 valence electrons. The van der Waals surface area contributed by atoms with Crippen LogP contribution in [0.1, 0.15) is 0 Å². The Balaban J connectivity index is 2.51. The highest BCUT2D eigenvalue weighted by atomic mass is 79.9. The minimum atomic E-state index is -3.96. The summed E-state index contributed by atoms with van der Waals surface area (Å²) in [5.74, 6) is -0.322. The molecular formula is C8H4BrClFN3O2S. The summed E-state index contributed by atoms with van der Waals surface area (Å²) in [4.78, 5) is 3.70. The van der Waals surface area contributed by atoms with Crippen LogP contribution in [-0.2, 0) is 9.05 Å². The van der Waals surface area contributed by atoms with Gasteiger partial charge in [-0.2, -0.15) is 10.1 Å². The topological polar surface area (TPSA) is 75.7 Å². The summed E-state index contributed by atoms with van der Waals surface area (Å²) in [5, 5.41) is 5.43. The van der Waals surface area contributed by atoms with E-state index in [4.69, 9.17) is 10.7 Å². The van der Waals surface area contributed by atoms with Crippen molar-refractivity contribution in [2.45, 2.75) is 5.16 Å². The van der Waals surface area contributed by atoms with Crippen molar-refractivity contribution >= 4 is 35.7 Å². The average molecular weight is 341 g/mol. The summed E-state index contributed by atoms with van der Waals surface area (Å²) in [7, 11) is 1.13. The molecule has 0 amide bonds. The van der Waals surface area contributed by atoms with Crippen LogP contribution in [0.2, 0.25) is 0 Å². The van der Waals surface area contributed by atoms with Crippen molar-refractivity contribution in [2.24, 2.45) is 0 Å². The van der Waals surface area contributed by atoms with E-state index in [9.17, 15) is 12.8 Å². The van der Waals surface area contributed by atoms with E-state index in [-0.39, 0.29) is 5.82 Å². The highest BCUT2D eigenvalue weighted by Gasteiger charge is 2.17. The highest BCUT2D eigenvalue weighted by Crippen LogP contribution is 2.26. The Kier molecular flexibility index (Phi) is 3.19. The second-order valence-corrected chi connectivity index (χ2v) is 6.36. The summed E-state index contributed by atoms with van der Waals surface area (Å²) >= 11 is 3.13. The van der Waals surface area contributed by atoms with E-state index < -0.39 is 20.0 Å². The fourth-order valence-electron chi connectivity index (χ4n) is 1.15. The largest absolute Gasteiger partial charge is 0.296 e. The SMILES string of the molecule is O=S(=O)(Cl)c1nc(-c2ccc(F)cc2Br)n[nH]1. The first-order valence-electron chi connectivity index (χ1n) is 4.20. The molecule has 0 fully saturated rings. The molecule has 1 aromatic carbocycles. The lowest BCUT2D eigenvalue weighted by Crippen LogP contribution is -1.92. The molecule has 1 heterocycles. The van der Waals surface area contributed by atoms with Crippen molar-refractivity contribution in [3.05, 3.63) is 28.5 Å². The smallest absolute Gasteiger partial charge is 0.248 e. The molecule has 0 aliphatic carbocycles. The van der Waals surface area contributed by atoms with Crippen molar-refractivity contribution < 1.29 is 12.8 Å². The maximum absolute atomic E-state index is 12.9. The van der Waals surface area contributed by atoms with Gasteiger partial charge in [0.05, 0.1) is 0 Å². The monoisotopic (exact) mass is 339 g/mol. The summed E-state index contributed by atoms with van der Waals surface area (Å²) in [5.41, 5.74) is 0.453. The molecule has 2 rings (SSSR count). The molecule has 17 heavy (non-hydrogen) atoms. The Hall–Kier alpha value is -0.990. The minimum absolute atomic E-state index is 0.108. The van der Waals surface area contributed by atoms with Gasteiger partial charge >= 0.3 is 0 Å². The molecule has 0 aliphatic rings. The van der Waals surface area contributed by atoms with Crippen molar-refractivity contribution in [2.75, 3.05) is 0 Å². The molecule has 0 unspecified atom stereocenters. The normalized spacial score (nSPS) is 11.7. The van der Waals surface area contributed by atoms with E-state index in [2.05, 4.69) is 31.1 Å². The molecule has 0 bridgehead atoms. The molecule has 9 heteroatoms. The van der Waals surface area contributed by atoms with Gasteiger partial charge in [-0.15, -0.1) is 0 Å². The van der Waals surface area contributed by atoms with Gasteiger partial charge in [0.15, 0.2) is 5.82 Å². The number of rotatable bonds is 2. The van der Waals surface area contributed by atoms with Gasteiger partial charge in [0.25, 0.3) is 14.2 Å². The third kappa shape index (κ3) is 2.64. The Morgan fingerprint density at radius 2 is 2.12 bits per heavy atom. The number of nitrogens with one attached hydrogen (secondary N) is 1. The zero-order valence-electron chi connectivity index (χ0n) is 7.99. The number of benzene rings is 1. The zero-order valence-corrected chi connectivity index (χ0v) is 11.1.